The zero-order valence-electron chi connectivity index (χ0n) is 16.6. The molecule has 3 aromatic rings. The van der Waals surface area contributed by atoms with Crippen LogP contribution in [0.4, 0.5) is 0 Å². The number of carbonyl (C=O) groups excluding carboxylic acids is 1. The SMILES string of the molecule is Cc1cccc(CCC(=O)N(Cc2ccco2)Cc2nn(C)c3c2CCC3)c1. The third-order valence-corrected chi connectivity index (χ3v) is 5.53. The smallest absolute Gasteiger partial charge is 0.223 e. The minimum Gasteiger partial charge on any atom is -0.467 e. The summed E-state index contributed by atoms with van der Waals surface area (Å²) in [7, 11) is 2.00. The van der Waals surface area contributed by atoms with Gasteiger partial charge in [-0.1, -0.05) is 29.8 Å². The fraction of sp³-hybridized carbons (Fsp3) is 0.391. The summed E-state index contributed by atoms with van der Waals surface area (Å²) in [6, 6.07) is 12.1. The molecule has 0 fully saturated rings. The number of amides is 1. The second-order valence-corrected chi connectivity index (χ2v) is 7.67. The molecule has 5 heteroatoms. The van der Waals surface area contributed by atoms with Gasteiger partial charge >= 0.3 is 0 Å². The minimum absolute atomic E-state index is 0.135. The fourth-order valence-electron chi connectivity index (χ4n) is 4.11. The molecule has 0 radical (unpaired) electrons. The highest BCUT2D eigenvalue weighted by atomic mass is 16.3. The number of carbonyl (C=O) groups is 1. The van der Waals surface area contributed by atoms with E-state index in [1.54, 1.807) is 6.26 Å². The van der Waals surface area contributed by atoms with Gasteiger partial charge in [0.25, 0.3) is 0 Å². The number of hydrogen-bond donors (Lipinski definition) is 0. The molecule has 0 aliphatic heterocycles. The number of benzene rings is 1. The molecule has 0 N–H and O–H groups in total. The lowest BCUT2D eigenvalue weighted by molar-refractivity contribution is -0.132. The molecule has 0 saturated carbocycles. The number of hydrogen-bond acceptors (Lipinski definition) is 3. The van der Waals surface area contributed by atoms with Crippen molar-refractivity contribution in [3.8, 4) is 0 Å². The molecule has 1 amide bonds. The van der Waals surface area contributed by atoms with Gasteiger partial charge in [0, 0.05) is 19.2 Å². The first kappa shape index (κ1) is 18.5. The van der Waals surface area contributed by atoms with E-state index in [4.69, 9.17) is 9.52 Å². The number of rotatable bonds is 7. The summed E-state index contributed by atoms with van der Waals surface area (Å²) < 4.78 is 7.49. The predicted octanol–water partition coefficient (Wildman–Crippen LogP) is 3.97. The average Bonchev–Trinajstić information content (AvgIpc) is 3.40. The van der Waals surface area contributed by atoms with Gasteiger partial charge in [-0.3, -0.25) is 9.48 Å². The van der Waals surface area contributed by atoms with E-state index in [0.717, 1.165) is 30.7 Å². The van der Waals surface area contributed by atoms with E-state index in [2.05, 4.69) is 25.1 Å². The topological polar surface area (TPSA) is 51.3 Å². The maximum atomic E-state index is 13.1. The Bertz CT molecular complexity index is 956. The number of aryl methyl sites for hydroxylation is 3. The van der Waals surface area contributed by atoms with E-state index >= 15 is 0 Å². The first-order chi connectivity index (χ1) is 13.6. The quantitative estimate of drug-likeness (QED) is 0.626. The molecule has 0 unspecified atom stereocenters. The number of nitrogens with zero attached hydrogens (tertiary/aromatic N) is 3. The maximum absolute atomic E-state index is 13.1. The Kier molecular flexibility index (Phi) is 5.33. The summed E-state index contributed by atoms with van der Waals surface area (Å²) in [5, 5.41) is 4.71. The molecule has 5 nitrogen and oxygen atoms in total. The molecule has 0 bridgehead atoms. The van der Waals surface area contributed by atoms with Crippen LogP contribution in [-0.4, -0.2) is 20.6 Å². The highest BCUT2D eigenvalue weighted by Gasteiger charge is 2.24. The van der Waals surface area contributed by atoms with Gasteiger partial charge in [0.05, 0.1) is 25.0 Å². The number of aromatic nitrogens is 2. The van der Waals surface area contributed by atoms with Crippen LogP contribution in [0.25, 0.3) is 0 Å². The van der Waals surface area contributed by atoms with Crippen LogP contribution in [0.3, 0.4) is 0 Å². The van der Waals surface area contributed by atoms with E-state index in [1.165, 1.54) is 28.8 Å². The Labute approximate surface area is 166 Å². The van der Waals surface area contributed by atoms with Crippen LogP contribution < -0.4 is 0 Å². The molecule has 0 atom stereocenters. The molecule has 0 spiro atoms. The lowest BCUT2D eigenvalue weighted by atomic mass is 10.1. The van der Waals surface area contributed by atoms with E-state index < -0.39 is 0 Å². The van der Waals surface area contributed by atoms with Gasteiger partial charge < -0.3 is 9.32 Å². The molecule has 28 heavy (non-hydrogen) atoms. The fourth-order valence-corrected chi connectivity index (χ4v) is 4.11. The van der Waals surface area contributed by atoms with Crippen molar-refractivity contribution in [1.29, 1.82) is 0 Å². The Morgan fingerprint density at radius 1 is 1.21 bits per heavy atom. The largest absolute Gasteiger partial charge is 0.467 e. The van der Waals surface area contributed by atoms with Gasteiger partial charge in [0.15, 0.2) is 0 Å². The van der Waals surface area contributed by atoms with Crippen LogP contribution in [0.5, 0.6) is 0 Å². The summed E-state index contributed by atoms with van der Waals surface area (Å²) in [5.74, 6) is 0.937. The normalized spacial score (nSPS) is 12.9. The van der Waals surface area contributed by atoms with Gasteiger partial charge in [-0.05, 0) is 55.9 Å². The first-order valence-corrected chi connectivity index (χ1v) is 9.99. The summed E-state index contributed by atoms with van der Waals surface area (Å²) in [6.45, 7) is 3.09. The molecule has 146 valence electrons. The van der Waals surface area contributed by atoms with Crippen LogP contribution in [-0.2, 0) is 44.2 Å². The van der Waals surface area contributed by atoms with Crippen molar-refractivity contribution in [2.24, 2.45) is 7.05 Å². The first-order valence-electron chi connectivity index (χ1n) is 9.99. The van der Waals surface area contributed by atoms with Gasteiger partial charge in [-0.25, -0.2) is 0 Å². The molecule has 2 heterocycles. The van der Waals surface area contributed by atoms with Crippen LogP contribution >= 0.6 is 0 Å². The summed E-state index contributed by atoms with van der Waals surface area (Å²) in [6.07, 6.45) is 6.20. The van der Waals surface area contributed by atoms with Crippen LogP contribution in [0.2, 0.25) is 0 Å². The third-order valence-electron chi connectivity index (χ3n) is 5.53. The van der Waals surface area contributed by atoms with Gasteiger partial charge in [0.2, 0.25) is 5.91 Å². The molecule has 4 rings (SSSR count). The number of furan rings is 1. The van der Waals surface area contributed by atoms with E-state index in [1.807, 2.05) is 34.8 Å². The van der Waals surface area contributed by atoms with Crippen LogP contribution in [0.15, 0.2) is 47.1 Å². The molecular weight excluding hydrogens is 350 g/mol. The minimum atomic E-state index is 0.135. The Morgan fingerprint density at radius 2 is 2.11 bits per heavy atom. The standard InChI is InChI=1S/C23H27N3O2/c1-17-6-3-7-18(14-17)11-12-23(27)26(15-19-8-5-13-28-19)16-21-20-9-4-10-22(20)25(2)24-21/h3,5-8,13-14H,4,9-12,15-16H2,1-2H3. The van der Waals surface area contributed by atoms with Crippen molar-refractivity contribution in [2.75, 3.05) is 0 Å². The zero-order chi connectivity index (χ0) is 19.5. The highest BCUT2D eigenvalue weighted by Crippen LogP contribution is 2.26. The van der Waals surface area contributed by atoms with Gasteiger partial charge in [0.1, 0.15) is 5.76 Å². The zero-order valence-corrected chi connectivity index (χ0v) is 16.6. The Balaban J connectivity index is 1.50. The van der Waals surface area contributed by atoms with E-state index in [9.17, 15) is 4.79 Å². The molecule has 1 aromatic carbocycles. The van der Waals surface area contributed by atoms with Crippen molar-refractivity contribution in [2.45, 2.75) is 52.1 Å². The summed E-state index contributed by atoms with van der Waals surface area (Å²) in [5.41, 5.74) is 6.11. The number of fused-ring (bicyclic) bond motifs is 1. The van der Waals surface area contributed by atoms with Crippen molar-refractivity contribution in [1.82, 2.24) is 14.7 Å². The van der Waals surface area contributed by atoms with Crippen LogP contribution in [0.1, 0.15) is 46.7 Å². The lowest BCUT2D eigenvalue weighted by Gasteiger charge is -2.21. The lowest BCUT2D eigenvalue weighted by Crippen LogP contribution is -2.30. The molecule has 2 aromatic heterocycles. The maximum Gasteiger partial charge on any atom is 0.223 e. The monoisotopic (exact) mass is 377 g/mol. The average molecular weight is 377 g/mol. The molecule has 1 aliphatic carbocycles. The summed E-state index contributed by atoms with van der Waals surface area (Å²) >= 11 is 0. The molecule has 1 aliphatic rings. The van der Waals surface area contributed by atoms with Crippen LogP contribution in [0, 0.1) is 6.92 Å². The van der Waals surface area contributed by atoms with Gasteiger partial charge in [-0.2, -0.15) is 5.10 Å². The van der Waals surface area contributed by atoms with Crippen molar-refractivity contribution in [3.63, 3.8) is 0 Å². The predicted molar refractivity (Wildman–Crippen MR) is 108 cm³/mol. The Hall–Kier alpha value is -2.82. The second kappa shape index (κ2) is 8.05. The highest BCUT2D eigenvalue weighted by molar-refractivity contribution is 5.76. The Morgan fingerprint density at radius 3 is 2.89 bits per heavy atom. The van der Waals surface area contributed by atoms with Crippen molar-refractivity contribution < 1.29 is 9.21 Å². The van der Waals surface area contributed by atoms with Crippen molar-refractivity contribution >= 4 is 5.91 Å². The van der Waals surface area contributed by atoms with Crippen molar-refractivity contribution in [3.05, 3.63) is 76.5 Å². The van der Waals surface area contributed by atoms with E-state index in [-0.39, 0.29) is 5.91 Å². The van der Waals surface area contributed by atoms with E-state index in [0.29, 0.717) is 19.5 Å². The third kappa shape index (κ3) is 4.03. The molecule has 0 saturated heterocycles. The summed E-state index contributed by atoms with van der Waals surface area (Å²) in [4.78, 5) is 15.0. The van der Waals surface area contributed by atoms with Gasteiger partial charge in [-0.15, -0.1) is 0 Å². The second-order valence-electron chi connectivity index (χ2n) is 7.67. The molecular formula is C23H27N3O2.